The van der Waals surface area contributed by atoms with Gasteiger partial charge >= 0.3 is 0 Å². The Bertz CT molecular complexity index is 380. The van der Waals surface area contributed by atoms with Crippen molar-refractivity contribution >= 4 is 11.6 Å². The Morgan fingerprint density at radius 2 is 2.06 bits per heavy atom. The van der Waals surface area contributed by atoms with Crippen LogP contribution in [0, 0.1) is 6.92 Å². The molecule has 0 aromatic carbocycles. The van der Waals surface area contributed by atoms with Crippen molar-refractivity contribution in [2.45, 2.75) is 32.8 Å². The van der Waals surface area contributed by atoms with E-state index in [0.29, 0.717) is 36.7 Å². The fraction of sp³-hybridized carbons (Fsp3) is 0.667. The first-order chi connectivity index (χ1) is 8.09. The lowest BCUT2D eigenvalue weighted by molar-refractivity contribution is -0.0935. The maximum Gasteiger partial charge on any atom is 0.161 e. The second-order valence-electron chi connectivity index (χ2n) is 4.46. The van der Waals surface area contributed by atoms with Crippen LogP contribution in [-0.2, 0) is 9.47 Å². The van der Waals surface area contributed by atoms with E-state index in [4.69, 9.17) is 21.1 Å². The first kappa shape index (κ1) is 12.7. The Morgan fingerprint density at radius 3 is 2.59 bits per heavy atom. The van der Waals surface area contributed by atoms with Gasteiger partial charge in [-0.25, -0.2) is 9.97 Å². The van der Waals surface area contributed by atoms with E-state index >= 15 is 0 Å². The molecule has 17 heavy (non-hydrogen) atoms. The van der Waals surface area contributed by atoms with Gasteiger partial charge in [0.15, 0.2) is 5.82 Å². The lowest BCUT2D eigenvalue weighted by Crippen LogP contribution is -2.24. The van der Waals surface area contributed by atoms with Gasteiger partial charge in [-0.15, -0.1) is 0 Å². The molecule has 1 aromatic heterocycles. The molecule has 2 rings (SSSR count). The van der Waals surface area contributed by atoms with E-state index in [9.17, 15) is 0 Å². The third-order valence-electron chi connectivity index (χ3n) is 2.79. The van der Waals surface area contributed by atoms with Crippen LogP contribution in [0.25, 0.3) is 0 Å². The van der Waals surface area contributed by atoms with E-state index in [2.05, 4.69) is 23.8 Å². The molecule has 1 aliphatic rings. The molecule has 0 spiro atoms. The molecular weight excluding hydrogens is 240 g/mol. The van der Waals surface area contributed by atoms with Gasteiger partial charge in [-0.2, -0.15) is 0 Å². The zero-order valence-electron chi connectivity index (χ0n) is 10.4. The molecule has 0 bridgehead atoms. The maximum atomic E-state index is 6.20. The summed E-state index contributed by atoms with van der Waals surface area (Å²) in [4.78, 5) is 8.81. The molecule has 5 heteroatoms. The lowest BCUT2D eigenvalue weighted by Gasteiger charge is -2.23. The lowest BCUT2D eigenvalue weighted by atomic mass is 10.0. The summed E-state index contributed by atoms with van der Waals surface area (Å²) < 4.78 is 10.9. The number of rotatable bonds is 2. The molecule has 2 heterocycles. The molecule has 0 aliphatic carbocycles. The van der Waals surface area contributed by atoms with Gasteiger partial charge in [0.2, 0.25) is 0 Å². The van der Waals surface area contributed by atoms with E-state index < -0.39 is 0 Å². The topological polar surface area (TPSA) is 44.2 Å². The highest BCUT2D eigenvalue weighted by molar-refractivity contribution is 6.30. The Hall–Kier alpha value is -0.710. The Balaban J connectivity index is 2.31. The number of ether oxygens (including phenoxy) is 2. The van der Waals surface area contributed by atoms with Gasteiger partial charge < -0.3 is 9.47 Å². The number of aryl methyl sites for hydroxylation is 1. The van der Waals surface area contributed by atoms with E-state index in [0.717, 1.165) is 11.3 Å². The van der Waals surface area contributed by atoms with Crippen molar-refractivity contribution in [1.29, 1.82) is 0 Å². The number of nitrogens with zero attached hydrogens (tertiary/aromatic N) is 2. The smallest absolute Gasteiger partial charge is 0.161 e. The number of hydrogen-bond donors (Lipinski definition) is 0. The minimum Gasteiger partial charge on any atom is -0.376 e. The molecule has 94 valence electrons. The van der Waals surface area contributed by atoms with Gasteiger partial charge in [0, 0.05) is 11.3 Å². The third-order valence-corrected chi connectivity index (χ3v) is 3.08. The van der Waals surface area contributed by atoms with Crippen molar-refractivity contribution in [3.05, 3.63) is 22.2 Å². The predicted octanol–water partition coefficient (Wildman–Crippen LogP) is 2.65. The molecule has 0 saturated carbocycles. The average Bonchev–Trinajstić information content (AvgIpc) is 2.28. The van der Waals surface area contributed by atoms with Gasteiger partial charge in [0.05, 0.1) is 19.8 Å². The molecule has 1 atom stereocenters. The summed E-state index contributed by atoms with van der Waals surface area (Å²) in [5.41, 5.74) is 1.93. The van der Waals surface area contributed by atoms with Crippen LogP contribution in [0.4, 0.5) is 0 Å². The van der Waals surface area contributed by atoms with Crippen molar-refractivity contribution in [2.75, 3.05) is 19.8 Å². The van der Waals surface area contributed by atoms with Crippen LogP contribution >= 0.6 is 11.6 Å². The Labute approximate surface area is 106 Å². The molecular formula is C12H17ClN2O2. The summed E-state index contributed by atoms with van der Waals surface area (Å²) in [6.07, 6.45) is -0.193. The minimum absolute atomic E-state index is 0.193. The summed E-state index contributed by atoms with van der Waals surface area (Å²) in [5, 5.41) is 0.525. The molecule has 0 amide bonds. The van der Waals surface area contributed by atoms with Crippen LogP contribution in [0.3, 0.4) is 0 Å². The zero-order valence-corrected chi connectivity index (χ0v) is 11.1. The summed E-state index contributed by atoms with van der Waals surface area (Å²) in [7, 11) is 0. The van der Waals surface area contributed by atoms with Gasteiger partial charge in [-0.3, -0.25) is 0 Å². The van der Waals surface area contributed by atoms with Crippen LogP contribution in [0.5, 0.6) is 0 Å². The predicted molar refractivity (Wildman–Crippen MR) is 65.4 cm³/mol. The SMILES string of the molecule is Cc1nc(C2COCCO2)nc(Cl)c1C(C)C. The van der Waals surface area contributed by atoms with Gasteiger partial charge in [0.25, 0.3) is 0 Å². The Kier molecular flexibility index (Phi) is 3.97. The third kappa shape index (κ3) is 2.76. The largest absolute Gasteiger partial charge is 0.376 e. The van der Waals surface area contributed by atoms with Crippen LogP contribution < -0.4 is 0 Å². The first-order valence-electron chi connectivity index (χ1n) is 5.83. The second kappa shape index (κ2) is 5.29. The van der Waals surface area contributed by atoms with Crippen LogP contribution in [0.1, 0.15) is 43.0 Å². The van der Waals surface area contributed by atoms with E-state index in [1.54, 1.807) is 0 Å². The van der Waals surface area contributed by atoms with E-state index in [-0.39, 0.29) is 6.10 Å². The quantitative estimate of drug-likeness (QED) is 0.763. The highest BCUT2D eigenvalue weighted by atomic mass is 35.5. The van der Waals surface area contributed by atoms with Gasteiger partial charge in [-0.1, -0.05) is 25.4 Å². The van der Waals surface area contributed by atoms with E-state index in [1.807, 2.05) is 6.92 Å². The van der Waals surface area contributed by atoms with Crippen LogP contribution in [-0.4, -0.2) is 29.8 Å². The molecule has 0 N–H and O–H groups in total. The van der Waals surface area contributed by atoms with Crippen LogP contribution in [0.2, 0.25) is 5.15 Å². The summed E-state index contributed by atoms with van der Waals surface area (Å²) in [6, 6.07) is 0. The number of halogens is 1. The highest BCUT2D eigenvalue weighted by Gasteiger charge is 2.22. The van der Waals surface area contributed by atoms with Crippen molar-refractivity contribution in [3.8, 4) is 0 Å². The van der Waals surface area contributed by atoms with Gasteiger partial charge in [0.1, 0.15) is 11.3 Å². The average molecular weight is 257 g/mol. The molecule has 0 radical (unpaired) electrons. The molecule has 1 fully saturated rings. The second-order valence-corrected chi connectivity index (χ2v) is 4.82. The number of hydrogen-bond acceptors (Lipinski definition) is 4. The van der Waals surface area contributed by atoms with Gasteiger partial charge in [-0.05, 0) is 12.8 Å². The molecule has 4 nitrogen and oxygen atoms in total. The van der Waals surface area contributed by atoms with Crippen molar-refractivity contribution in [1.82, 2.24) is 9.97 Å². The van der Waals surface area contributed by atoms with Crippen LogP contribution in [0.15, 0.2) is 0 Å². The highest BCUT2D eigenvalue weighted by Crippen LogP contribution is 2.27. The van der Waals surface area contributed by atoms with E-state index in [1.165, 1.54) is 0 Å². The maximum absolute atomic E-state index is 6.20. The number of aromatic nitrogens is 2. The Morgan fingerprint density at radius 1 is 1.29 bits per heavy atom. The van der Waals surface area contributed by atoms with Crippen molar-refractivity contribution in [3.63, 3.8) is 0 Å². The fourth-order valence-corrected chi connectivity index (χ4v) is 2.45. The fourth-order valence-electron chi connectivity index (χ4n) is 2.00. The molecule has 1 saturated heterocycles. The molecule has 1 aromatic rings. The van der Waals surface area contributed by atoms with Crippen molar-refractivity contribution in [2.24, 2.45) is 0 Å². The normalized spacial score (nSPS) is 20.9. The van der Waals surface area contributed by atoms with Crippen molar-refractivity contribution < 1.29 is 9.47 Å². The molecule has 1 aliphatic heterocycles. The summed E-state index contributed by atoms with van der Waals surface area (Å²) in [6.45, 7) is 7.83. The standard InChI is InChI=1S/C12H17ClN2O2/c1-7(2)10-8(3)14-12(15-11(10)13)9-6-16-4-5-17-9/h7,9H,4-6H2,1-3H3. The minimum atomic E-state index is -0.193. The summed E-state index contributed by atoms with van der Waals surface area (Å²) in [5.74, 6) is 0.941. The zero-order chi connectivity index (χ0) is 12.4. The first-order valence-corrected chi connectivity index (χ1v) is 6.20. The monoisotopic (exact) mass is 256 g/mol. The summed E-state index contributed by atoms with van der Waals surface area (Å²) >= 11 is 6.20. The molecule has 1 unspecified atom stereocenters.